The smallest absolute Gasteiger partial charge is 0.165 e. The van der Waals surface area contributed by atoms with Crippen molar-refractivity contribution in [1.29, 1.82) is 0 Å². The molecule has 4 atom stereocenters. The van der Waals surface area contributed by atoms with Crippen molar-refractivity contribution in [2.75, 3.05) is 25.7 Å². The van der Waals surface area contributed by atoms with E-state index in [-0.39, 0.29) is 24.4 Å². The third-order valence-corrected chi connectivity index (χ3v) is 7.07. The lowest BCUT2D eigenvalue weighted by molar-refractivity contribution is -0.0865. The van der Waals surface area contributed by atoms with Crippen LogP contribution < -0.4 is 9.47 Å². The highest BCUT2D eigenvalue weighted by molar-refractivity contribution is 7.99. The molecule has 4 nitrogen and oxygen atoms in total. The highest BCUT2D eigenvalue weighted by Gasteiger charge is 2.42. The van der Waals surface area contributed by atoms with Crippen molar-refractivity contribution in [2.24, 2.45) is 0 Å². The second-order valence-corrected chi connectivity index (χ2v) is 9.78. The summed E-state index contributed by atoms with van der Waals surface area (Å²) in [5.74, 6) is 3.48. The van der Waals surface area contributed by atoms with E-state index >= 15 is 0 Å². The standard InChI is InChI=1S/C26H36O4S/c1-15-9-17(3)23(18(4)10-15)29-25-21(27-7)13-31-14-22(28-8)26(25)30-24-19(5)11-16(2)12-20(24)6/h9-12,21-22,25-26H,13-14H2,1-8H3/t21-,22-,25-,26-/m1/s1. The summed E-state index contributed by atoms with van der Waals surface area (Å²) < 4.78 is 25.3. The average Bonchev–Trinajstić information content (AvgIpc) is 2.85. The first kappa shape index (κ1) is 24.0. The fourth-order valence-electron chi connectivity index (χ4n) is 4.58. The van der Waals surface area contributed by atoms with Crippen molar-refractivity contribution in [3.63, 3.8) is 0 Å². The van der Waals surface area contributed by atoms with Crippen molar-refractivity contribution in [2.45, 2.75) is 66.0 Å². The fourth-order valence-corrected chi connectivity index (χ4v) is 5.83. The molecule has 1 fully saturated rings. The van der Waals surface area contributed by atoms with Crippen LogP contribution in [0.5, 0.6) is 11.5 Å². The number of methoxy groups -OCH3 is 2. The van der Waals surface area contributed by atoms with Gasteiger partial charge in [0.25, 0.3) is 0 Å². The number of ether oxygens (including phenoxy) is 4. The molecule has 2 aromatic rings. The molecule has 0 radical (unpaired) electrons. The van der Waals surface area contributed by atoms with E-state index in [0.29, 0.717) is 0 Å². The van der Waals surface area contributed by atoms with Crippen molar-refractivity contribution in [1.82, 2.24) is 0 Å². The van der Waals surface area contributed by atoms with E-state index in [2.05, 4.69) is 65.8 Å². The average molecular weight is 445 g/mol. The molecule has 170 valence electrons. The second-order valence-electron chi connectivity index (χ2n) is 8.71. The monoisotopic (exact) mass is 444 g/mol. The lowest BCUT2D eigenvalue weighted by Crippen LogP contribution is -2.52. The molecule has 0 aliphatic carbocycles. The molecule has 31 heavy (non-hydrogen) atoms. The van der Waals surface area contributed by atoms with Crippen molar-refractivity contribution in [3.8, 4) is 11.5 Å². The first-order valence-corrected chi connectivity index (χ1v) is 12.0. The van der Waals surface area contributed by atoms with Gasteiger partial charge >= 0.3 is 0 Å². The van der Waals surface area contributed by atoms with Gasteiger partial charge in [-0.2, -0.15) is 11.8 Å². The van der Waals surface area contributed by atoms with Crippen LogP contribution in [0.25, 0.3) is 0 Å². The van der Waals surface area contributed by atoms with Gasteiger partial charge in [0, 0.05) is 25.7 Å². The largest absolute Gasteiger partial charge is 0.483 e. The number of hydrogen-bond donors (Lipinski definition) is 0. The first-order chi connectivity index (χ1) is 14.7. The van der Waals surface area contributed by atoms with Gasteiger partial charge in [-0.05, 0) is 63.8 Å². The second kappa shape index (κ2) is 10.3. The highest BCUT2D eigenvalue weighted by atomic mass is 32.2. The van der Waals surface area contributed by atoms with Crippen molar-refractivity contribution < 1.29 is 18.9 Å². The van der Waals surface area contributed by atoms with E-state index < -0.39 is 0 Å². The molecule has 0 bridgehead atoms. The van der Waals surface area contributed by atoms with E-state index in [1.165, 1.54) is 11.1 Å². The summed E-state index contributed by atoms with van der Waals surface area (Å²) in [4.78, 5) is 0. The molecule has 1 saturated heterocycles. The SMILES string of the molecule is CO[C@@H]1CSC[C@@H](OC)[C@@H](Oc2c(C)cc(C)cc2C)[C@@H]1Oc1c(C)cc(C)cc1C. The maximum Gasteiger partial charge on any atom is 0.165 e. The lowest BCUT2D eigenvalue weighted by atomic mass is 10.0. The van der Waals surface area contributed by atoms with E-state index in [1.807, 2.05) is 11.8 Å². The zero-order chi connectivity index (χ0) is 22.7. The Morgan fingerprint density at radius 2 is 0.935 bits per heavy atom. The Labute approximate surface area is 191 Å². The summed E-state index contributed by atoms with van der Waals surface area (Å²) in [6.45, 7) is 12.6. The number of aryl methyl sites for hydroxylation is 6. The van der Waals surface area contributed by atoms with Gasteiger partial charge in [-0.15, -0.1) is 0 Å². The number of thioether (sulfide) groups is 1. The Balaban J connectivity index is 2.04. The van der Waals surface area contributed by atoms with Gasteiger partial charge in [-0.3, -0.25) is 0 Å². The summed E-state index contributed by atoms with van der Waals surface area (Å²) in [5, 5.41) is 0. The molecule has 3 rings (SSSR count). The molecule has 0 spiro atoms. The quantitative estimate of drug-likeness (QED) is 0.587. The molecule has 0 saturated carbocycles. The maximum atomic E-state index is 6.73. The Morgan fingerprint density at radius 3 is 1.23 bits per heavy atom. The third kappa shape index (κ3) is 5.39. The Morgan fingerprint density at radius 1 is 0.613 bits per heavy atom. The van der Waals surface area contributed by atoms with E-state index in [9.17, 15) is 0 Å². The molecule has 1 heterocycles. The maximum absolute atomic E-state index is 6.73. The minimum absolute atomic E-state index is 0.110. The van der Waals surface area contributed by atoms with Crippen molar-refractivity contribution in [3.05, 3.63) is 57.6 Å². The topological polar surface area (TPSA) is 36.9 Å². The van der Waals surface area contributed by atoms with E-state index in [1.54, 1.807) is 14.2 Å². The minimum atomic E-state index is -0.301. The van der Waals surface area contributed by atoms with Gasteiger partial charge in [-0.25, -0.2) is 0 Å². The summed E-state index contributed by atoms with van der Waals surface area (Å²) in [5.41, 5.74) is 6.96. The summed E-state index contributed by atoms with van der Waals surface area (Å²) in [6.07, 6.45) is -0.821. The normalized spacial score (nSPS) is 24.0. The summed E-state index contributed by atoms with van der Waals surface area (Å²) in [6, 6.07) is 8.64. The van der Waals surface area contributed by atoms with Crippen LogP contribution in [0.4, 0.5) is 0 Å². The van der Waals surface area contributed by atoms with Crippen LogP contribution in [0.3, 0.4) is 0 Å². The number of hydrogen-bond acceptors (Lipinski definition) is 5. The molecule has 0 amide bonds. The summed E-state index contributed by atoms with van der Waals surface area (Å²) >= 11 is 1.82. The highest BCUT2D eigenvalue weighted by Crippen LogP contribution is 2.34. The van der Waals surface area contributed by atoms with Crippen LogP contribution >= 0.6 is 11.8 Å². The van der Waals surface area contributed by atoms with Crippen LogP contribution in [-0.4, -0.2) is 50.1 Å². The summed E-state index contributed by atoms with van der Waals surface area (Å²) in [7, 11) is 3.51. The number of benzene rings is 2. The molecule has 0 aromatic heterocycles. The van der Waals surface area contributed by atoms with Gasteiger partial charge in [0.2, 0.25) is 0 Å². The van der Waals surface area contributed by atoms with E-state index in [4.69, 9.17) is 18.9 Å². The van der Waals surface area contributed by atoms with Crippen molar-refractivity contribution >= 4 is 11.8 Å². The van der Waals surface area contributed by atoms with Crippen LogP contribution in [0, 0.1) is 41.5 Å². The molecule has 1 aliphatic rings. The molecule has 5 heteroatoms. The lowest BCUT2D eigenvalue weighted by Gasteiger charge is -2.35. The molecule has 2 aromatic carbocycles. The Hall–Kier alpha value is -1.69. The minimum Gasteiger partial charge on any atom is -0.483 e. The van der Waals surface area contributed by atoms with Gasteiger partial charge in [0.05, 0.1) is 0 Å². The van der Waals surface area contributed by atoms with Crippen LogP contribution in [0.15, 0.2) is 24.3 Å². The molecular weight excluding hydrogens is 408 g/mol. The zero-order valence-electron chi connectivity index (χ0n) is 20.1. The van der Waals surface area contributed by atoms with Gasteiger partial charge in [0.15, 0.2) is 12.2 Å². The van der Waals surface area contributed by atoms with E-state index in [0.717, 1.165) is 45.3 Å². The predicted octanol–water partition coefficient (Wildman–Crippen LogP) is 5.51. The molecule has 0 unspecified atom stereocenters. The predicted molar refractivity (Wildman–Crippen MR) is 129 cm³/mol. The third-order valence-electron chi connectivity index (χ3n) is 5.94. The molecule has 0 N–H and O–H groups in total. The van der Waals surface area contributed by atoms with Crippen LogP contribution in [0.2, 0.25) is 0 Å². The van der Waals surface area contributed by atoms with Crippen LogP contribution in [-0.2, 0) is 9.47 Å². The number of rotatable bonds is 6. The molecular formula is C26H36O4S. The Bertz CT molecular complexity index is 791. The van der Waals surface area contributed by atoms with Gasteiger partial charge in [-0.1, -0.05) is 35.4 Å². The van der Waals surface area contributed by atoms with Crippen LogP contribution in [0.1, 0.15) is 33.4 Å². The molecule has 1 aliphatic heterocycles. The first-order valence-electron chi connectivity index (χ1n) is 10.9. The van der Waals surface area contributed by atoms with Gasteiger partial charge < -0.3 is 18.9 Å². The van der Waals surface area contributed by atoms with Gasteiger partial charge in [0.1, 0.15) is 23.7 Å². The Kier molecular flexibility index (Phi) is 7.95. The zero-order valence-corrected chi connectivity index (χ0v) is 20.9. The fraction of sp³-hybridized carbons (Fsp3) is 0.538.